The standard InChI is InChI=1S/C19H23ClN2O5/c1-2-26-17-6-4-13(21-22-17)8-12-7-11(3-5-15(12)20)19-18(25)16(24)9-14(10-23)27-19/h3-7,14,16,18-19,23-25H,2,8-10H2,1H3. The van der Waals surface area contributed by atoms with Crippen molar-refractivity contribution in [3.05, 3.63) is 52.2 Å². The molecule has 1 aromatic carbocycles. The van der Waals surface area contributed by atoms with E-state index in [0.717, 1.165) is 11.3 Å². The molecule has 8 heteroatoms. The molecule has 2 aromatic rings. The Morgan fingerprint density at radius 1 is 1.22 bits per heavy atom. The van der Waals surface area contributed by atoms with Gasteiger partial charge < -0.3 is 24.8 Å². The van der Waals surface area contributed by atoms with Crippen molar-refractivity contribution in [2.75, 3.05) is 13.2 Å². The number of nitrogens with zero attached hydrogens (tertiary/aromatic N) is 2. The van der Waals surface area contributed by atoms with Gasteiger partial charge in [-0.25, -0.2) is 0 Å². The molecule has 0 amide bonds. The molecule has 1 aliphatic rings. The average molecular weight is 395 g/mol. The first-order valence-corrected chi connectivity index (χ1v) is 9.25. The first-order chi connectivity index (χ1) is 13.0. The smallest absolute Gasteiger partial charge is 0.233 e. The quantitative estimate of drug-likeness (QED) is 0.684. The fourth-order valence-corrected chi connectivity index (χ4v) is 3.30. The van der Waals surface area contributed by atoms with Crippen molar-refractivity contribution in [1.29, 1.82) is 0 Å². The van der Waals surface area contributed by atoms with Gasteiger partial charge in [0.1, 0.15) is 12.2 Å². The van der Waals surface area contributed by atoms with E-state index >= 15 is 0 Å². The maximum Gasteiger partial charge on any atom is 0.233 e. The second-order valence-corrected chi connectivity index (χ2v) is 6.89. The molecule has 4 atom stereocenters. The second kappa shape index (κ2) is 8.95. The molecular formula is C19H23ClN2O5. The second-order valence-electron chi connectivity index (χ2n) is 6.48. The van der Waals surface area contributed by atoms with Crippen LogP contribution in [0.4, 0.5) is 0 Å². The summed E-state index contributed by atoms with van der Waals surface area (Å²) in [5, 5.41) is 38.4. The van der Waals surface area contributed by atoms with Crippen LogP contribution in [0.2, 0.25) is 5.02 Å². The fraction of sp³-hybridized carbons (Fsp3) is 0.474. The molecule has 0 bridgehead atoms. The maximum atomic E-state index is 10.3. The highest BCUT2D eigenvalue weighted by Gasteiger charge is 2.37. The predicted molar refractivity (Wildman–Crippen MR) is 98.8 cm³/mol. The molecule has 3 rings (SSSR count). The van der Waals surface area contributed by atoms with Gasteiger partial charge in [0.05, 0.1) is 31.1 Å². The van der Waals surface area contributed by atoms with Gasteiger partial charge >= 0.3 is 0 Å². The SMILES string of the molecule is CCOc1ccc(Cc2cc(C3OC(CO)CC(O)C3O)ccc2Cl)nn1. The monoisotopic (exact) mass is 394 g/mol. The van der Waals surface area contributed by atoms with E-state index in [0.29, 0.717) is 29.5 Å². The molecule has 2 heterocycles. The zero-order valence-corrected chi connectivity index (χ0v) is 15.7. The Bertz CT molecular complexity index is 758. The highest BCUT2D eigenvalue weighted by Crippen LogP contribution is 2.34. The van der Waals surface area contributed by atoms with Crippen LogP contribution in [0.5, 0.6) is 5.88 Å². The van der Waals surface area contributed by atoms with Crippen LogP contribution in [0.25, 0.3) is 0 Å². The third-order valence-corrected chi connectivity index (χ3v) is 4.88. The van der Waals surface area contributed by atoms with Crippen molar-refractivity contribution in [3.8, 4) is 5.88 Å². The van der Waals surface area contributed by atoms with E-state index in [1.165, 1.54) is 0 Å². The van der Waals surface area contributed by atoms with Gasteiger partial charge in [-0.05, 0) is 30.2 Å². The Kier molecular flexibility index (Phi) is 6.62. The zero-order valence-electron chi connectivity index (χ0n) is 15.0. The average Bonchev–Trinajstić information content (AvgIpc) is 2.67. The molecule has 1 aromatic heterocycles. The minimum absolute atomic E-state index is 0.191. The van der Waals surface area contributed by atoms with Crippen molar-refractivity contribution in [3.63, 3.8) is 0 Å². The molecule has 4 unspecified atom stereocenters. The summed E-state index contributed by atoms with van der Waals surface area (Å²) < 4.78 is 11.0. The number of aliphatic hydroxyl groups is 3. The summed E-state index contributed by atoms with van der Waals surface area (Å²) >= 11 is 6.32. The Morgan fingerprint density at radius 3 is 2.70 bits per heavy atom. The summed E-state index contributed by atoms with van der Waals surface area (Å²) in [6, 6.07) is 8.86. The largest absolute Gasteiger partial charge is 0.477 e. The summed E-state index contributed by atoms with van der Waals surface area (Å²) in [6.45, 7) is 2.18. The van der Waals surface area contributed by atoms with E-state index in [2.05, 4.69) is 10.2 Å². The van der Waals surface area contributed by atoms with E-state index in [1.54, 1.807) is 18.2 Å². The van der Waals surface area contributed by atoms with Crippen LogP contribution < -0.4 is 4.74 Å². The Morgan fingerprint density at radius 2 is 2.04 bits per heavy atom. The highest BCUT2D eigenvalue weighted by atomic mass is 35.5. The molecule has 146 valence electrons. The molecule has 1 saturated heterocycles. The van der Waals surface area contributed by atoms with Gasteiger partial charge in [-0.2, -0.15) is 5.10 Å². The number of benzene rings is 1. The number of aliphatic hydroxyl groups excluding tert-OH is 3. The summed E-state index contributed by atoms with van der Waals surface area (Å²) in [4.78, 5) is 0. The van der Waals surface area contributed by atoms with E-state index < -0.39 is 24.4 Å². The predicted octanol–water partition coefficient (Wildman–Crippen LogP) is 1.66. The first kappa shape index (κ1) is 20.0. The van der Waals surface area contributed by atoms with Crippen LogP contribution in [0.1, 0.15) is 36.3 Å². The van der Waals surface area contributed by atoms with Gasteiger partial charge in [-0.3, -0.25) is 0 Å². The summed E-state index contributed by atoms with van der Waals surface area (Å²) in [5.41, 5.74) is 2.19. The molecule has 27 heavy (non-hydrogen) atoms. The lowest BCUT2D eigenvalue weighted by Crippen LogP contribution is -2.44. The Labute approximate surface area is 162 Å². The molecule has 0 spiro atoms. The first-order valence-electron chi connectivity index (χ1n) is 8.88. The number of hydrogen-bond acceptors (Lipinski definition) is 7. The van der Waals surface area contributed by atoms with E-state index in [-0.39, 0.29) is 13.0 Å². The number of ether oxygens (including phenoxy) is 2. The number of hydrogen-bond donors (Lipinski definition) is 3. The van der Waals surface area contributed by atoms with E-state index in [9.17, 15) is 15.3 Å². The fourth-order valence-electron chi connectivity index (χ4n) is 3.12. The van der Waals surface area contributed by atoms with Crippen molar-refractivity contribution in [2.24, 2.45) is 0 Å². The van der Waals surface area contributed by atoms with Crippen LogP contribution in [0, 0.1) is 0 Å². The van der Waals surface area contributed by atoms with Crippen molar-refractivity contribution >= 4 is 11.6 Å². The van der Waals surface area contributed by atoms with Crippen LogP contribution >= 0.6 is 11.6 Å². The molecule has 0 saturated carbocycles. The Hall–Kier alpha value is -1.77. The van der Waals surface area contributed by atoms with Gasteiger partial charge in [0.25, 0.3) is 0 Å². The molecule has 1 aliphatic heterocycles. The van der Waals surface area contributed by atoms with Crippen LogP contribution in [0.3, 0.4) is 0 Å². The van der Waals surface area contributed by atoms with E-state index in [1.807, 2.05) is 19.1 Å². The number of halogens is 1. The molecule has 7 nitrogen and oxygen atoms in total. The lowest BCUT2D eigenvalue weighted by molar-refractivity contribution is -0.179. The zero-order chi connectivity index (χ0) is 19.4. The van der Waals surface area contributed by atoms with E-state index in [4.69, 9.17) is 21.1 Å². The van der Waals surface area contributed by atoms with Crippen LogP contribution in [-0.2, 0) is 11.2 Å². The molecule has 0 aliphatic carbocycles. The minimum Gasteiger partial charge on any atom is -0.477 e. The highest BCUT2D eigenvalue weighted by molar-refractivity contribution is 6.31. The van der Waals surface area contributed by atoms with Gasteiger partial charge in [-0.15, -0.1) is 5.10 Å². The van der Waals surface area contributed by atoms with Gasteiger partial charge in [0.15, 0.2) is 0 Å². The summed E-state index contributed by atoms with van der Waals surface area (Å²) in [7, 11) is 0. The lowest BCUT2D eigenvalue weighted by atomic mass is 9.92. The minimum atomic E-state index is -1.08. The normalized spacial score (nSPS) is 25.4. The number of aromatic nitrogens is 2. The van der Waals surface area contributed by atoms with Crippen molar-refractivity contribution < 1.29 is 24.8 Å². The maximum absolute atomic E-state index is 10.3. The van der Waals surface area contributed by atoms with Crippen molar-refractivity contribution in [2.45, 2.75) is 44.2 Å². The molecule has 3 N–H and O–H groups in total. The molecular weight excluding hydrogens is 372 g/mol. The summed E-state index contributed by atoms with van der Waals surface area (Å²) in [6.07, 6.45) is -2.67. The topological polar surface area (TPSA) is 105 Å². The third kappa shape index (κ3) is 4.75. The lowest BCUT2D eigenvalue weighted by Gasteiger charge is -2.37. The van der Waals surface area contributed by atoms with Gasteiger partial charge in [-0.1, -0.05) is 23.7 Å². The summed E-state index contributed by atoms with van der Waals surface area (Å²) in [5.74, 6) is 0.462. The molecule has 0 radical (unpaired) electrons. The van der Waals surface area contributed by atoms with Crippen molar-refractivity contribution in [1.82, 2.24) is 10.2 Å². The van der Waals surface area contributed by atoms with Crippen LogP contribution in [-0.4, -0.2) is 57.0 Å². The third-order valence-electron chi connectivity index (χ3n) is 4.51. The molecule has 1 fully saturated rings. The number of rotatable bonds is 6. The van der Waals surface area contributed by atoms with Gasteiger partial charge in [0.2, 0.25) is 5.88 Å². The Balaban J connectivity index is 1.81. The van der Waals surface area contributed by atoms with Gasteiger partial charge in [0, 0.05) is 23.9 Å². The van der Waals surface area contributed by atoms with Crippen LogP contribution in [0.15, 0.2) is 30.3 Å².